The van der Waals surface area contributed by atoms with Crippen LogP contribution in [-0.2, 0) is 21.3 Å². The topological polar surface area (TPSA) is 112 Å². The monoisotopic (exact) mass is 418 g/mol. The molecule has 0 aliphatic carbocycles. The minimum absolute atomic E-state index is 0.0819. The molecular weight excluding hydrogens is 399 g/mol. The molecule has 1 fully saturated rings. The Morgan fingerprint density at radius 2 is 1.90 bits per heavy atom. The van der Waals surface area contributed by atoms with E-state index in [1.807, 2.05) is 24.3 Å². The fraction of sp³-hybridized carbons (Fsp3) is 0.263. The fourth-order valence-electron chi connectivity index (χ4n) is 3.15. The average molecular weight is 418 g/mol. The van der Waals surface area contributed by atoms with E-state index < -0.39 is 20.7 Å². The number of nitrogens with two attached hydrogens (primary N) is 1. The summed E-state index contributed by atoms with van der Waals surface area (Å²) >= 11 is 0. The van der Waals surface area contributed by atoms with Gasteiger partial charge in [-0.05, 0) is 29.8 Å². The van der Waals surface area contributed by atoms with Crippen LogP contribution in [0.25, 0.3) is 22.8 Å². The van der Waals surface area contributed by atoms with Crippen molar-refractivity contribution in [3.63, 3.8) is 0 Å². The number of sulfonamides is 1. The van der Waals surface area contributed by atoms with Crippen LogP contribution in [0.3, 0.4) is 0 Å². The van der Waals surface area contributed by atoms with Gasteiger partial charge in [-0.2, -0.15) is 4.98 Å². The van der Waals surface area contributed by atoms with Gasteiger partial charge in [0, 0.05) is 30.8 Å². The molecule has 0 spiro atoms. The summed E-state index contributed by atoms with van der Waals surface area (Å²) in [5.74, 6) is -0.532. The first-order valence-corrected chi connectivity index (χ1v) is 10.5. The number of hydrogen-bond donors (Lipinski definition) is 1. The van der Waals surface area contributed by atoms with Crippen molar-refractivity contribution in [3.05, 3.63) is 53.8 Å². The molecule has 0 amide bonds. The number of benzene rings is 2. The second kappa shape index (κ2) is 7.99. The summed E-state index contributed by atoms with van der Waals surface area (Å²) in [5.41, 5.74) is 2.14. The lowest BCUT2D eigenvalue weighted by atomic mass is 10.1. The van der Waals surface area contributed by atoms with E-state index in [-0.39, 0.29) is 11.5 Å². The molecular formula is C19H19FN4O4S. The second-order valence-corrected chi connectivity index (χ2v) is 8.23. The maximum absolute atomic E-state index is 14.1. The minimum Gasteiger partial charge on any atom is -0.379 e. The highest BCUT2D eigenvalue weighted by Gasteiger charge is 2.18. The average Bonchev–Trinajstić information content (AvgIpc) is 3.18. The van der Waals surface area contributed by atoms with Crippen LogP contribution in [0.4, 0.5) is 4.39 Å². The molecule has 2 heterocycles. The quantitative estimate of drug-likeness (QED) is 0.675. The summed E-state index contributed by atoms with van der Waals surface area (Å²) in [7, 11) is -4.14. The smallest absolute Gasteiger partial charge is 0.258 e. The Hall–Kier alpha value is -2.66. The van der Waals surface area contributed by atoms with Crippen LogP contribution >= 0.6 is 0 Å². The highest BCUT2D eigenvalue weighted by Crippen LogP contribution is 2.25. The molecule has 8 nitrogen and oxygen atoms in total. The van der Waals surface area contributed by atoms with Crippen molar-refractivity contribution in [2.75, 3.05) is 26.3 Å². The van der Waals surface area contributed by atoms with Gasteiger partial charge in [-0.15, -0.1) is 0 Å². The van der Waals surface area contributed by atoms with E-state index in [1.54, 1.807) is 0 Å². The first-order valence-electron chi connectivity index (χ1n) is 8.96. The minimum atomic E-state index is -4.14. The number of aromatic nitrogens is 2. The van der Waals surface area contributed by atoms with Crippen LogP contribution < -0.4 is 5.14 Å². The molecule has 4 rings (SSSR count). The van der Waals surface area contributed by atoms with Crippen molar-refractivity contribution in [3.8, 4) is 22.8 Å². The molecule has 1 aromatic heterocycles. The first-order chi connectivity index (χ1) is 13.9. The van der Waals surface area contributed by atoms with Gasteiger partial charge in [-0.1, -0.05) is 23.4 Å². The Labute approximate surface area is 167 Å². The second-order valence-electron chi connectivity index (χ2n) is 6.70. The molecule has 2 aromatic carbocycles. The number of hydrogen-bond acceptors (Lipinski definition) is 7. The van der Waals surface area contributed by atoms with Gasteiger partial charge in [-0.3, -0.25) is 4.90 Å². The summed E-state index contributed by atoms with van der Waals surface area (Å²) in [6.45, 7) is 4.03. The van der Waals surface area contributed by atoms with E-state index in [9.17, 15) is 12.8 Å². The van der Waals surface area contributed by atoms with Crippen LogP contribution in [0.5, 0.6) is 0 Å². The molecule has 0 bridgehead atoms. The lowest BCUT2D eigenvalue weighted by Gasteiger charge is -2.26. The van der Waals surface area contributed by atoms with Gasteiger partial charge in [0.1, 0.15) is 10.7 Å². The number of primary sulfonamides is 1. The third-order valence-corrected chi connectivity index (χ3v) is 5.55. The van der Waals surface area contributed by atoms with E-state index in [0.717, 1.165) is 56.1 Å². The maximum Gasteiger partial charge on any atom is 0.258 e. The zero-order valence-corrected chi connectivity index (χ0v) is 16.2. The molecule has 0 radical (unpaired) electrons. The van der Waals surface area contributed by atoms with Crippen LogP contribution in [0.15, 0.2) is 51.9 Å². The van der Waals surface area contributed by atoms with E-state index in [0.29, 0.717) is 5.82 Å². The van der Waals surface area contributed by atoms with Gasteiger partial charge in [0.25, 0.3) is 5.89 Å². The maximum atomic E-state index is 14.1. The highest BCUT2D eigenvalue weighted by molar-refractivity contribution is 7.89. The van der Waals surface area contributed by atoms with Gasteiger partial charge in [0.05, 0.1) is 13.2 Å². The number of morpholine rings is 1. The Bertz CT molecular complexity index is 1130. The SMILES string of the molecule is NS(=O)(=O)c1ccc(-c2nc(-c3cccc(CN4CCOCC4)c3)no2)cc1F. The van der Waals surface area contributed by atoms with Crippen molar-refractivity contribution < 1.29 is 22.1 Å². The third kappa shape index (κ3) is 4.51. The molecule has 0 atom stereocenters. The number of halogens is 1. The fourth-order valence-corrected chi connectivity index (χ4v) is 3.74. The van der Waals surface area contributed by atoms with Crippen molar-refractivity contribution in [1.82, 2.24) is 15.0 Å². The summed E-state index contributed by atoms with van der Waals surface area (Å²) in [4.78, 5) is 6.03. The zero-order chi connectivity index (χ0) is 20.4. The summed E-state index contributed by atoms with van der Waals surface area (Å²) in [6.07, 6.45) is 0. The van der Waals surface area contributed by atoms with Crippen molar-refractivity contribution in [1.29, 1.82) is 0 Å². The Morgan fingerprint density at radius 1 is 1.10 bits per heavy atom. The van der Waals surface area contributed by atoms with Gasteiger partial charge >= 0.3 is 0 Å². The summed E-state index contributed by atoms with van der Waals surface area (Å²) < 4.78 is 47.4. The van der Waals surface area contributed by atoms with Crippen molar-refractivity contribution in [2.24, 2.45) is 5.14 Å². The normalized spacial score (nSPS) is 15.5. The van der Waals surface area contributed by atoms with E-state index in [4.69, 9.17) is 14.4 Å². The van der Waals surface area contributed by atoms with Crippen LogP contribution in [-0.4, -0.2) is 49.8 Å². The van der Waals surface area contributed by atoms with Crippen molar-refractivity contribution >= 4 is 10.0 Å². The van der Waals surface area contributed by atoms with Gasteiger partial charge < -0.3 is 9.26 Å². The molecule has 1 aliphatic rings. The Balaban J connectivity index is 1.56. The zero-order valence-electron chi connectivity index (χ0n) is 15.4. The molecule has 1 aliphatic heterocycles. The number of nitrogens with zero attached hydrogens (tertiary/aromatic N) is 3. The predicted octanol–water partition coefficient (Wildman–Crippen LogP) is 2.02. The lowest BCUT2D eigenvalue weighted by molar-refractivity contribution is 0.0342. The summed E-state index contributed by atoms with van der Waals surface area (Å²) in [6, 6.07) is 11.2. The molecule has 0 saturated carbocycles. The molecule has 0 unspecified atom stereocenters. The standard InChI is InChI=1S/C19H19FN4O4S/c20-16-11-15(4-5-17(16)29(21,25)26)19-22-18(23-28-19)14-3-1-2-13(10-14)12-24-6-8-27-9-7-24/h1-5,10-11H,6-9,12H2,(H2,21,25,26). The predicted molar refractivity (Wildman–Crippen MR) is 103 cm³/mol. The van der Waals surface area contributed by atoms with Crippen molar-refractivity contribution in [2.45, 2.75) is 11.4 Å². The molecule has 10 heteroatoms. The largest absolute Gasteiger partial charge is 0.379 e. The van der Waals surface area contributed by atoms with E-state index in [1.165, 1.54) is 6.07 Å². The van der Waals surface area contributed by atoms with E-state index in [2.05, 4.69) is 15.0 Å². The highest BCUT2D eigenvalue weighted by atomic mass is 32.2. The van der Waals surface area contributed by atoms with Crippen LogP contribution in [0.1, 0.15) is 5.56 Å². The van der Waals surface area contributed by atoms with Crippen LogP contribution in [0, 0.1) is 5.82 Å². The van der Waals surface area contributed by atoms with Gasteiger partial charge in [-0.25, -0.2) is 17.9 Å². The molecule has 3 aromatic rings. The molecule has 152 valence electrons. The Morgan fingerprint density at radius 3 is 2.62 bits per heavy atom. The Kier molecular flexibility index (Phi) is 5.41. The van der Waals surface area contributed by atoms with Gasteiger partial charge in [0.2, 0.25) is 15.8 Å². The molecule has 2 N–H and O–H groups in total. The lowest BCUT2D eigenvalue weighted by Crippen LogP contribution is -2.35. The summed E-state index contributed by atoms with van der Waals surface area (Å²) in [5, 5.41) is 8.94. The molecule has 1 saturated heterocycles. The van der Waals surface area contributed by atoms with E-state index >= 15 is 0 Å². The number of ether oxygens (including phenoxy) is 1. The van der Waals surface area contributed by atoms with Crippen LogP contribution in [0.2, 0.25) is 0 Å². The third-order valence-electron chi connectivity index (χ3n) is 4.61. The number of rotatable bonds is 5. The first kappa shape index (κ1) is 19.6. The van der Waals surface area contributed by atoms with Gasteiger partial charge in [0.15, 0.2) is 0 Å². The molecule has 29 heavy (non-hydrogen) atoms.